The fraction of sp³-hybridized carbons (Fsp3) is 0.276. The number of benzene rings is 2. The largest absolute Gasteiger partial charge is 0.358 e. The van der Waals surface area contributed by atoms with Gasteiger partial charge in [-0.05, 0) is 50.7 Å². The summed E-state index contributed by atoms with van der Waals surface area (Å²) in [5.41, 5.74) is 5.89. The molecule has 186 valence electrons. The number of Topliss-reactive ketones (excluding diaryl/α,β-unsaturated/α-hetero) is 1. The van der Waals surface area contributed by atoms with Crippen molar-refractivity contribution in [2.24, 2.45) is 0 Å². The van der Waals surface area contributed by atoms with Crippen LogP contribution in [0.5, 0.6) is 0 Å². The normalized spacial score (nSPS) is 13.7. The fourth-order valence-corrected chi connectivity index (χ4v) is 4.62. The van der Waals surface area contributed by atoms with Crippen molar-refractivity contribution in [3.05, 3.63) is 76.6 Å². The first kappa shape index (κ1) is 25.1. The van der Waals surface area contributed by atoms with E-state index in [9.17, 15) is 14.4 Å². The van der Waals surface area contributed by atoms with Crippen molar-refractivity contribution in [1.29, 1.82) is 0 Å². The lowest BCUT2D eigenvalue weighted by molar-refractivity contribution is -0.110. The van der Waals surface area contributed by atoms with Gasteiger partial charge in [0.25, 0.3) is 11.8 Å². The van der Waals surface area contributed by atoms with E-state index in [0.29, 0.717) is 40.2 Å². The Hall–Kier alpha value is -3.97. The highest BCUT2D eigenvalue weighted by atomic mass is 16.2. The van der Waals surface area contributed by atoms with Gasteiger partial charge in [0.15, 0.2) is 5.78 Å². The number of amides is 2. The van der Waals surface area contributed by atoms with Crippen LogP contribution >= 0.6 is 0 Å². The molecule has 0 aliphatic carbocycles. The molecule has 3 aromatic rings. The van der Waals surface area contributed by atoms with Crippen molar-refractivity contribution in [2.45, 2.75) is 27.7 Å². The standard InChI is InChI=1S/C29H32N4O3/c1-5-33(6-2)15-14-30-29(36)26-18(3)31-25(27(26)21-11-9-10-20(16-21)19(4)34)17-23-22-12-7-8-13-24(22)32-28(23)35/h7-13,16-17,31H,5-6,14-15H2,1-4H3,(H,30,36)(H,32,35). The predicted octanol–water partition coefficient (Wildman–Crippen LogP) is 4.76. The molecule has 0 unspecified atom stereocenters. The number of aromatic nitrogens is 1. The SMILES string of the molecule is CCN(CC)CCNC(=O)c1c(C)[nH]c(C=C2C(=O)Nc3ccccc32)c1-c1cccc(C(C)=O)c1. The second-order valence-electron chi connectivity index (χ2n) is 8.89. The van der Waals surface area contributed by atoms with E-state index in [2.05, 4.69) is 34.4 Å². The highest BCUT2D eigenvalue weighted by Crippen LogP contribution is 2.37. The number of carbonyl (C=O) groups is 3. The minimum Gasteiger partial charge on any atom is -0.358 e. The molecule has 7 nitrogen and oxygen atoms in total. The number of anilines is 1. The number of ketones is 1. The summed E-state index contributed by atoms with van der Waals surface area (Å²) in [5.74, 6) is -0.449. The van der Waals surface area contributed by atoms with Crippen LogP contribution in [0.4, 0.5) is 5.69 Å². The van der Waals surface area contributed by atoms with E-state index < -0.39 is 0 Å². The second kappa shape index (κ2) is 10.7. The van der Waals surface area contributed by atoms with Crippen LogP contribution in [0, 0.1) is 6.92 Å². The van der Waals surface area contributed by atoms with E-state index >= 15 is 0 Å². The molecule has 36 heavy (non-hydrogen) atoms. The van der Waals surface area contributed by atoms with Crippen molar-refractivity contribution < 1.29 is 14.4 Å². The van der Waals surface area contributed by atoms with Crippen LogP contribution < -0.4 is 10.6 Å². The number of rotatable bonds is 9. The van der Waals surface area contributed by atoms with Crippen molar-refractivity contribution in [2.75, 3.05) is 31.5 Å². The second-order valence-corrected chi connectivity index (χ2v) is 8.89. The first-order valence-corrected chi connectivity index (χ1v) is 12.3. The highest BCUT2D eigenvalue weighted by molar-refractivity contribution is 6.35. The van der Waals surface area contributed by atoms with Crippen molar-refractivity contribution >= 4 is 34.9 Å². The Balaban J connectivity index is 1.80. The number of hydrogen-bond acceptors (Lipinski definition) is 4. The zero-order valence-electron chi connectivity index (χ0n) is 21.2. The Labute approximate surface area is 211 Å². The summed E-state index contributed by atoms with van der Waals surface area (Å²) in [6.45, 7) is 10.7. The quantitative estimate of drug-likeness (QED) is 0.302. The van der Waals surface area contributed by atoms with Gasteiger partial charge < -0.3 is 20.5 Å². The number of nitrogens with zero attached hydrogens (tertiary/aromatic N) is 1. The van der Waals surface area contributed by atoms with E-state index in [1.807, 2.05) is 43.3 Å². The number of fused-ring (bicyclic) bond motifs is 1. The van der Waals surface area contributed by atoms with Gasteiger partial charge in [-0.2, -0.15) is 0 Å². The molecule has 0 saturated carbocycles. The Kier molecular flexibility index (Phi) is 7.50. The molecular formula is C29H32N4O3. The zero-order chi connectivity index (χ0) is 25.8. The molecule has 0 atom stereocenters. The number of nitrogens with one attached hydrogen (secondary N) is 3. The molecule has 2 aromatic carbocycles. The molecule has 2 heterocycles. The van der Waals surface area contributed by atoms with Crippen LogP contribution in [0.3, 0.4) is 0 Å². The maximum atomic E-state index is 13.4. The number of para-hydroxylation sites is 1. The maximum absolute atomic E-state index is 13.4. The number of carbonyl (C=O) groups excluding carboxylic acids is 3. The smallest absolute Gasteiger partial charge is 0.256 e. The van der Waals surface area contributed by atoms with Gasteiger partial charge in [0, 0.05) is 46.9 Å². The number of aryl methyl sites for hydroxylation is 1. The average molecular weight is 485 g/mol. The summed E-state index contributed by atoms with van der Waals surface area (Å²) >= 11 is 0. The lowest BCUT2D eigenvalue weighted by atomic mass is 9.95. The molecule has 0 saturated heterocycles. The summed E-state index contributed by atoms with van der Waals surface area (Å²) in [7, 11) is 0. The van der Waals surface area contributed by atoms with Crippen LogP contribution in [-0.4, -0.2) is 53.7 Å². The lowest BCUT2D eigenvalue weighted by Gasteiger charge is -2.18. The number of H-pyrrole nitrogens is 1. The molecule has 1 aliphatic rings. The van der Waals surface area contributed by atoms with Gasteiger partial charge in [-0.15, -0.1) is 0 Å². The van der Waals surface area contributed by atoms with Crippen LogP contribution in [0.2, 0.25) is 0 Å². The lowest BCUT2D eigenvalue weighted by Crippen LogP contribution is -2.35. The molecule has 1 aromatic heterocycles. The Morgan fingerprint density at radius 1 is 1.06 bits per heavy atom. The predicted molar refractivity (Wildman–Crippen MR) is 144 cm³/mol. The van der Waals surface area contributed by atoms with Gasteiger partial charge in [0.05, 0.1) is 11.1 Å². The molecule has 0 radical (unpaired) electrons. The van der Waals surface area contributed by atoms with E-state index in [0.717, 1.165) is 36.4 Å². The van der Waals surface area contributed by atoms with Crippen molar-refractivity contribution in [3.8, 4) is 11.1 Å². The average Bonchev–Trinajstić information content (AvgIpc) is 3.37. The van der Waals surface area contributed by atoms with Gasteiger partial charge in [-0.25, -0.2) is 0 Å². The monoisotopic (exact) mass is 484 g/mol. The van der Waals surface area contributed by atoms with Crippen LogP contribution in [0.1, 0.15) is 58.4 Å². The highest BCUT2D eigenvalue weighted by Gasteiger charge is 2.27. The summed E-state index contributed by atoms with van der Waals surface area (Å²) in [6, 6.07) is 14.8. The molecule has 0 fully saturated rings. The third-order valence-electron chi connectivity index (χ3n) is 6.61. The van der Waals surface area contributed by atoms with E-state index in [1.54, 1.807) is 18.2 Å². The molecular weight excluding hydrogens is 452 g/mol. The minimum atomic E-state index is -0.197. The van der Waals surface area contributed by atoms with Gasteiger partial charge in [0.1, 0.15) is 0 Å². The number of aromatic amines is 1. The third-order valence-corrected chi connectivity index (χ3v) is 6.61. The third kappa shape index (κ3) is 5.02. The molecule has 0 bridgehead atoms. The Morgan fingerprint density at radius 3 is 2.53 bits per heavy atom. The van der Waals surface area contributed by atoms with E-state index in [1.165, 1.54) is 6.92 Å². The van der Waals surface area contributed by atoms with E-state index in [4.69, 9.17) is 0 Å². The molecule has 1 aliphatic heterocycles. The topological polar surface area (TPSA) is 94.3 Å². The van der Waals surface area contributed by atoms with Gasteiger partial charge in [-0.3, -0.25) is 14.4 Å². The Morgan fingerprint density at radius 2 is 1.81 bits per heavy atom. The molecule has 3 N–H and O–H groups in total. The summed E-state index contributed by atoms with van der Waals surface area (Å²) in [6.07, 6.45) is 1.79. The molecule has 2 amide bonds. The first-order valence-electron chi connectivity index (χ1n) is 12.3. The van der Waals surface area contributed by atoms with Crippen molar-refractivity contribution in [1.82, 2.24) is 15.2 Å². The van der Waals surface area contributed by atoms with Crippen molar-refractivity contribution in [3.63, 3.8) is 0 Å². The summed E-state index contributed by atoms with van der Waals surface area (Å²) in [4.78, 5) is 43.9. The molecule has 7 heteroatoms. The Bertz CT molecular complexity index is 1350. The van der Waals surface area contributed by atoms with E-state index in [-0.39, 0.29) is 17.6 Å². The summed E-state index contributed by atoms with van der Waals surface area (Å²) in [5, 5.41) is 5.95. The zero-order valence-corrected chi connectivity index (χ0v) is 21.2. The van der Waals surface area contributed by atoms with Crippen LogP contribution in [0.25, 0.3) is 22.8 Å². The molecule has 0 spiro atoms. The first-order chi connectivity index (χ1) is 17.3. The maximum Gasteiger partial charge on any atom is 0.256 e. The minimum absolute atomic E-state index is 0.0571. The number of hydrogen-bond donors (Lipinski definition) is 3. The fourth-order valence-electron chi connectivity index (χ4n) is 4.62. The molecule has 4 rings (SSSR count). The van der Waals surface area contributed by atoms with Crippen LogP contribution in [-0.2, 0) is 4.79 Å². The van der Waals surface area contributed by atoms with Crippen LogP contribution in [0.15, 0.2) is 48.5 Å². The van der Waals surface area contributed by atoms with Gasteiger partial charge in [0.2, 0.25) is 0 Å². The van der Waals surface area contributed by atoms with Gasteiger partial charge in [-0.1, -0.05) is 50.2 Å². The summed E-state index contributed by atoms with van der Waals surface area (Å²) < 4.78 is 0. The number of likely N-dealkylation sites (N-methyl/N-ethyl adjacent to an activating group) is 1. The van der Waals surface area contributed by atoms with Gasteiger partial charge >= 0.3 is 0 Å².